The largest absolute Gasteiger partial charge is 0.480 e. The van der Waals surface area contributed by atoms with Crippen LogP contribution >= 0.6 is 22.6 Å². The molecule has 1 aliphatic rings. The number of carbonyl (C=O) groups is 3. The minimum absolute atomic E-state index is 0.0485. The summed E-state index contributed by atoms with van der Waals surface area (Å²) in [4.78, 5) is 36.2. The normalized spacial score (nSPS) is 12.9. The monoisotopic (exact) mass is 586 g/mol. The molecule has 1 unspecified atom stereocenters. The summed E-state index contributed by atoms with van der Waals surface area (Å²) >= 11 is 1.99. The van der Waals surface area contributed by atoms with Crippen LogP contribution in [0.3, 0.4) is 0 Å². The number of halogens is 1. The zero-order chi connectivity index (χ0) is 24.9. The maximum Gasteiger partial charge on any atom is 0.411 e. The lowest BCUT2D eigenvalue weighted by atomic mass is 9.98. The van der Waals surface area contributed by atoms with Crippen LogP contribution in [0.4, 0.5) is 10.5 Å². The molecule has 3 N–H and O–H groups in total. The topological polar surface area (TPSA) is 114 Å². The van der Waals surface area contributed by atoms with Gasteiger partial charge in [-0.1, -0.05) is 48.5 Å². The van der Waals surface area contributed by atoms with Crippen molar-refractivity contribution in [3.05, 3.63) is 87.0 Å². The number of carboxylic acids is 1. The van der Waals surface area contributed by atoms with Gasteiger partial charge in [0.1, 0.15) is 6.61 Å². The Hall–Kier alpha value is -3.44. The van der Waals surface area contributed by atoms with Gasteiger partial charge in [0.15, 0.2) is 6.04 Å². The predicted molar refractivity (Wildman–Crippen MR) is 139 cm³/mol. The van der Waals surface area contributed by atoms with E-state index < -0.39 is 24.0 Å². The second kappa shape index (κ2) is 10.9. The SMILES string of the molecule is COCC(NC(=O)c1ccc(NC(=O)OCC2c3ccccc3-c3ccccc32)c(I)c1)C(=O)O. The molecule has 180 valence electrons. The molecule has 1 atom stereocenters. The Balaban J connectivity index is 1.39. The molecule has 3 aromatic rings. The number of methoxy groups -OCH3 is 1. The van der Waals surface area contributed by atoms with Crippen molar-refractivity contribution in [1.82, 2.24) is 5.32 Å². The zero-order valence-electron chi connectivity index (χ0n) is 18.8. The van der Waals surface area contributed by atoms with Gasteiger partial charge in [0, 0.05) is 22.2 Å². The molecule has 35 heavy (non-hydrogen) atoms. The molecule has 9 heteroatoms. The zero-order valence-corrected chi connectivity index (χ0v) is 20.9. The number of benzene rings is 3. The molecule has 0 aromatic heterocycles. The van der Waals surface area contributed by atoms with Crippen LogP contribution in [0.25, 0.3) is 11.1 Å². The summed E-state index contributed by atoms with van der Waals surface area (Å²) in [6, 6.07) is 19.7. The number of ether oxygens (including phenoxy) is 2. The quantitative estimate of drug-likeness (QED) is 0.336. The summed E-state index contributed by atoms with van der Waals surface area (Å²) in [6.07, 6.45) is -0.604. The fourth-order valence-electron chi connectivity index (χ4n) is 4.09. The van der Waals surface area contributed by atoms with Crippen LogP contribution in [0.5, 0.6) is 0 Å². The van der Waals surface area contributed by atoms with Gasteiger partial charge >= 0.3 is 12.1 Å². The van der Waals surface area contributed by atoms with E-state index in [1.54, 1.807) is 12.1 Å². The Kier molecular flexibility index (Phi) is 7.67. The Morgan fingerprint density at radius 1 is 1.00 bits per heavy atom. The van der Waals surface area contributed by atoms with Crippen molar-refractivity contribution in [2.75, 3.05) is 25.6 Å². The number of hydrogen-bond donors (Lipinski definition) is 3. The molecule has 0 aliphatic heterocycles. The van der Waals surface area contributed by atoms with Crippen LogP contribution < -0.4 is 10.6 Å². The van der Waals surface area contributed by atoms with Crippen LogP contribution in [0.2, 0.25) is 0 Å². The van der Waals surface area contributed by atoms with Crippen LogP contribution in [-0.4, -0.2) is 49.4 Å². The van der Waals surface area contributed by atoms with E-state index in [-0.39, 0.29) is 24.7 Å². The van der Waals surface area contributed by atoms with Crippen molar-refractivity contribution in [3.8, 4) is 11.1 Å². The molecule has 0 heterocycles. The molecule has 0 saturated heterocycles. The fraction of sp³-hybridized carbons (Fsp3) is 0.192. The average Bonchev–Trinajstić information content (AvgIpc) is 3.17. The van der Waals surface area contributed by atoms with Gasteiger partial charge in [0.05, 0.1) is 12.3 Å². The maximum atomic E-state index is 12.6. The number of anilines is 1. The van der Waals surface area contributed by atoms with Gasteiger partial charge < -0.3 is 19.9 Å². The average molecular weight is 586 g/mol. The highest BCUT2D eigenvalue weighted by atomic mass is 127. The number of rotatable bonds is 8. The number of aliphatic carboxylic acids is 1. The highest BCUT2D eigenvalue weighted by molar-refractivity contribution is 14.1. The van der Waals surface area contributed by atoms with Crippen molar-refractivity contribution in [2.24, 2.45) is 0 Å². The van der Waals surface area contributed by atoms with Gasteiger partial charge in [0.25, 0.3) is 5.91 Å². The molecule has 0 saturated carbocycles. The third kappa shape index (κ3) is 5.46. The van der Waals surface area contributed by atoms with E-state index in [0.29, 0.717) is 9.26 Å². The van der Waals surface area contributed by atoms with Gasteiger partial charge in [-0.25, -0.2) is 9.59 Å². The van der Waals surface area contributed by atoms with E-state index in [4.69, 9.17) is 9.47 Å². The molecule has 1 aliphatic carbocycles. The van der Waals surface area contributed by atoms with Gasteiger partial charge in [-0.15, -0.1) is 0 Å². The Morgan fingerprint density at radius 2 is 1.63 bits per heavy atom. The van der Waals surface area contributed by atoms with Crippen LogP contribution in [0.15, 0.2) is 66.7 Å². The van der Waals surface area contributed by atoms with Crippen molar-refractivity contribution >= 4 is 46.2 Å². The number of hydrogen-bond acceptors (Lipinski definition) is 5. The molecule has 8 nitrogen and oxygen atoms in total. The van der Waals surface area contributed by atoms with Gasteiger partial charge in [-0.3, -0.25) is 10.1 Å². The second-order valence-corrected chi connectivity index (χ2v) is 9.13. The Bertz CT molecular complexity index is 1230. The molecule has 0 radical (unpaired) electrons. The number of nitrogens with one attached hydrogen (secondary N) is 2. The summed E-state index contributed by atoms with van der Waals surface area (Å²) in [6.45, 7) is 0.0343. The lowest BCUT2D eigenvalue weighted by molar-refractivity contribution is -0.140. The van der Waals surface area contributed by atoms with E-state index in [1.807, 2.05) is 46.9 Å². The lowest BCUT2D eigenvalue weighted by Crippen LogP contribution is -2.43. The minimum atomic E-state index is -1.19. The summed E-state index contributed by atoms with van der Waals surface area (Å²) in [5, 5.41) is 14.3. The molecular weight excluding hydrogens is 563 g/mol. The number of fused-ring (bicyclic) bond motifs is 3. The summed E-state index contributed by atoms with van der Waals surface area (Å²) in [7, 11) is 1.36. The summed E-state index contributed by atoms with van der Waals surface area (Å²) in [5.74, 6) is -1.80. The van der Waals surface area contributed by atoms with E-state index in [0.717, 1.165) is 22.3 Å². The third-order valence-corrected chi connectivity index (χ3v) is 6.64. The first-order valence-corrected chi connectivity index (χ1v) is 11.9. The first-order valence-electron chi connectivity index (χ1n) is 10.8. The van der Waals surface area contributed by atoms with Crippen molar-refractivity contribution in [2.45, 2.75) is 12.0 Å². The highest BCUT2D eigenvalue weighted by Gasteiger charge is 2.29. The first-order chi connectivity index (χ1) is 16.9. The summed E-state index contributed by atoms with van der Waals surface area (Å²) in [5.41, 5.74) is 5.28. The molecule has 3 aromatic carbocycles. The lowest BCUT2D eigenvalue weighted by Gasteiger charge is -2.16. The first kappa shape index (κ1) is 24.7. The van der Waals surface area contributed by atoms with Crippen LogP contribution in [0.1, 0.15) is 27.4 Å². The molecule has 0 fully saturated rings. The van der Waals surface area contributed by atoms with E-state index in [2.05, 4.69) is 34.9 Å². The van der Waals surface area contributed by atoms with E-state index >= 15 is 0 Å². The standard InChI is InChI=1S/C26H23IN2O6/c1-34-14-23(25(31)32)28-24(30)15-10-11-22(21(27)12-15)29-26(33)35-13-20-18-8-4-2-6-16(18)17-7-3-5-9-19(17)20/h2-12,20,23H,13-14H2,1H3,(H,28,30)(H,29,33)(H,31,32). The van der Waals surface area contributed by atoms with Crippen LogP contribution in [-0.2, 0) is 14.3 Å². The van der Waals surface area contributed by atoms with Crippen molar-refractivity contribution in [3.63, 3.8) is 0 Å². The molecule has 4 rings (SSSR count). The van der Waals surface area contributed by atoms with Gasteiger partial charge in [-0.05, 0) is 63.0 Å². The number of carbonyl (C=O) groups excluding carboxylic acids is 2. The minimum Gasteiger partial charge on any atom is -0.480 e. The van der Waals surface area contributed by atoms with Crippen LogP contribution in [0, 0.1) is 3.57 Å². The summed E-state index contributed by atoms with van der Waals surface area (Å²) < 4.78 is 11.0. The highest BCUT2D eigenvalue weighted by Crippen LogP contribution is 2.44. The fourth-order valence-corrected chi connectivity index (χ4v) is 4.74. The van der Waals surface area contributed by atoms with E-state index in [9.17, 15) is 19.5 Å². The molecule has 0 spiro atoms. The second-order valence-electron chi connectivity index (χ2n) is 7.96. The van der Waals surface area contributed by atoms with Gasteiger partial charge in [0.2, 0.25) is 0 Å². The van der Waals surface area contributed by atoms with Crippen molar-refractivity contribution in [1.29, 1.82) is 0 Å². The number of carboxylic acid groups (broad SMARTS) is 1. The van der Waals surface area contributed by atoms with E-state index in [1.165, 1.54) is 13.2 Å². The third-order valence-electron chi connectivity index (χ3n) is 5.75. The maximum absolute atomic E-state index is 12.6. The van der Waals surface area contributed by atoms with Gasteiger partial charge in [-0.2, -0.15) is 0 Å². The smallest absolute Gasteiger partial charge is 0.411 e. The van der Waals surface area contributed by atoms with Crippen molar-refractivity contribution < 1.29 is 29.0 Å². The predicted octanol–water partition coefficient (Wildman–Crippen LogP) is 4.48. The molecular formula is C26H23IN2O6. The molecule has 0 bridgehead atoms. The molecule has 2 amide bonds. The Labute approximate surface area is 215 Å². The number of amides is 2. The Morgan fingerprint density at radius 3 is 2.20 bits per heavy atom.